The number of aliphatic carboxylic acids is 1. The molecule has 0 saturated heterocycles. The van der Waals surface area contributed by atoms with E-state index in [-0.39, 0.29) is 18.7 Å². The summed E-state index contributed by atoms with van der Waals surface area (Å²) in [5, 5.41) is 11.3. The normalized spacial score (nSPS) is 10.2. The van der Waals surface area contributed by atoms with Crippen molar-refractivity contribution in [1.82, 2.24) is 5.32 Å². The minimum Gasteiger partial charge on any atom is -0.489 e. The molecule has 2 aromatic rings. The number of aryl methyl sites for hydroxylation is 1. The summed E-state index contributed by atoms with van der Waals surface area (Å²) >= 11 is 0. The molecule has 2 aromatic carbocycles. The van der Waals surface area contributed by atoms with Gasteiger partial charge in [-0.05, 0) is 35.7 Å². The molecule has 0 aliphatic carbocycles. The fourth-order valence-electron chi connectivity index (χ4n) is 2.19. The summed E-state index contributed by atoms with van der Waals surface area (Å²) in [4.78, 5) is 22.0. The van der Waals surface area contributed by atoms with Crippen LogP contribution in [0.4, 0.5) is 0 Å². The van der Waals surface area contributed by atoms with Gasteiger partial charge >= 0.3 is 5.97 Å². The predicted octanol–water partition coefficient (Wildman–Crippen LogP) is 3.06. The standard InChI is InChI=1S/C19H21NO4/c1-14-5-2-3-7-16(14)13-24-17-8-4-6-15(11-17)12-20-18(21)9-10-19(22)23/h2-8,11H,9-10,12-13H2,1H3,(H,20,21)(H,22,23). The van der Waals surface area contributed by atoms with Crippen LogP contribution in [-0.2, 0) is 22.7 Å². The molecule has 0 aliphatic rings. The molecular weight excluding hydrogens is 306 g/mol. The van der Waals surface area contributed by atoms with Gasteiger partial charge in [0, 0.05) is 13.0 Å². The van der Waals surface area contributed by atoms with Gasteiger partial charge in [-0.25, -0.2) is 0 Å². The smallest absolute Gasteiger partial charge is 0.303 e. The molecule has 0 fully saturated rings. The second-order valence-corrected chi connectivity index (χ2v) is 5.53. The maximum Gasteiger partial charge on any atom is 0.303 e. The number of rotatable bonds is 8. The number of hydrogen-bond acceptors (Lipinski definition) is 3. The topological polar surface area (TPSA) is 75.6 Å². The number of ether oxygens (including phenoxy) is 1. The van der Waals surface area contributed by atoms with Crippen LogP contribution in [0.15, 0.2) is 48.5 Å². The van der Waals surface area contributed by atoms with Crippen molar-refractivity contribution in [2.24, 2.45) is 0 Å². The van der Waals surface area contributed by atoms with Crippen LogP contribution in [-0.4, -0.2) is 17.0 Å². The summed E-state index contributed by atoms with van der Waals surface area (Å²) in [5.74, 6) is -0.518. The van der Waals surface area contributed by atoms with E-state index >= 15 is 0 Å². The van der Waals surface area contributed by atoms with Crippen LogP contribution in [0, 0.1) is 6.92 Å². The van der Waals surface area contributed by atoms with E-state index in [1.807, 2.05) is 55.5 Å². The Labute approximate surface area is 141 Å². The van der Waals surface area contributed by atoms with Crippen LogP contribution in [0.25, 0.3) is 0 Å². The van der Waals surface area contributed by atoms with E-state index in [1.54, 1.807) is 0 Å². The van der Waals surface area contributed by atoms with Crippen molar-refractivity contribution in [3.05, 3.63) is 65.2 Å². The van der Waals surface area contributed by atoms with Crippen molar-refractivity contribution in [1.29, 1.82) is 0 Å². The van der Waals surface area contributed by atoms with Crippen LogP contribution in [0.1, 0.15) is 29.5 Å². The zero-order valence-corrected chi connectivity index (χ0v) is 13.6. The molecule has 0 saturated carbocycles. The van der Waals surface area contributed by atoms with Gasteiger partial charge in [0.25, 0.3) is 0 Å². The second kappa shape index (κ2) is 8.72. The van der Waals surface area contributed by atoms with Gasteiger partial charge in [-0.2, -0.15) is 0 Å². The average molecular weight is 327 g/mol. The number of amides is 1. The van der Waals surface area contributed by atoms with Gasteiger partial charge in [-0.15, -0.1) is 0 Å². The third kappa shape index (κ3) is 5.76. The largest absolute Gasteiger partial charge is 0.489 e. The lowest BCUT2D eigenvalue weighted by molar-refractivity contribution is -0.138. The minimum absolute atomic E-state index is 0.0151. The monoisotopic (exact) mass is 327 g/mol. The highest BCUT2D eigenvalue weighted by Crippen LogP contribution is 2.16. The van der Waals surface area contributed by atoms with Gasteiger partial charge in [-0.3, -0.25) is 9.59 Å². The maximum atomic E-state index is 11.5. The van der Waals surface area contributed by atoms with Crippen molar-refractivity contribution < 1.29 is 19.4 Å². The van der Waals surface area contributed by atoms with E-state index < -0.39 is 5.97 Å². The van der Waals surface area contributed by atoms with Gasteiger partial charge < -0.3 is 15.2 Å². The number of nitrogens with one attached hydrogen (secondary N) is 1. The summed E-state index contributed by atoms with van der Waals surface area (Å²) in [7, 11) is 0. The molecule has 0 aromatic heterocycles. The lowest BCUT2D eigenvalue weighted by atomic mass is 10.1. The fraction of sp³-hybridized carbons (Fsp3) is 0.263. The lowest BCUT2D eigenvalue weighted by Gasteiger charge is -2.10. The number of hydrogen-bond donors (Lipinski definition) is 2. The van der Waals surface area contributed by atoms with Crippen LogP contribution in [0.2, 0.25) is 0 Å². The number of carbonyl (C=O) groups excluding carboxylic acids is 1. The van der Waals surface area contributed by atoms with Crippen molar-refractivity contribution in [2.75, 3.05) is 0 Å². The van der Waals surface area contributed by atoms with Gasteiger partial charge in [0.05, 0.1) is 6.42 Å². The maximum absolute atomic E-state index is 11.5. The van der Waals surface area contributed by atoms with Gasteiger partial charge in [0.2, 0.25) is 5.91 Å². The molecular formula is C19H21NO4. The Kier molecular flexibility index (Phi) is 6.37. The fourth-order valence-corrected chi connectivity index (χ4v) is 2.19. The van der Waals surface area contributed by atoms with Gasteiger partial charge in [0.15, 0.2) is 0 Å². The third-order valence-electron chi connectivity index (χ3n) is 3.61. The molecule has 0 bridgehead atoms. The van der Waals surface area contributed by atoms with E-state index in [2.05, 4.69) is 5.32 Å². The summed E-state index contributed by atoms with van der Waals surface area (Å²) in [5.41, 5.74) is 3.21. The van der Waals surface area contributed by atoms with Crippen molar-refractivity contribution in [3.8, 4) is 5.75 Å². The first-order chi connectivity index (χ1) is 11.5. The van der Waals surface area contributed by atoms with Gasteiger partial charge in [-0.1, -0.05) is 36.4 Å². The highest BCUT2D eigenvalue weighted by Gasteiger charge is 2.05. The highest BCUT2D eigenvalue weighted by atomic mass is 16.5. The third-order valence-corrected chi connectivity index (χ3v) is 3.61. The van der Waals surface area contributed by atoms with Crippen molar-refractivity contribution >= 4 is 11.9 Å². The van der Waals surface area contributed by atoms with E-state index in [4.69, 9.17) is 9.84 Å². The lowest BCUT2D eigenvalue weighted by Crippen LogP contribution is -2.23. The quantitative estimate of drug-likeness (QED) is 0.781. The molecule has 5 nitrogen and oxygen atoms in total. The van der Waals surface area contributed by atoms with E-state index in [9.17, 15) is 9.59 Å². The first-order valence-electron chi connectivity index (χ1n) is 7.79. The Hall–Kier alpha value is -2.82. The number of benzene rings is 2. The number of carboxylic acids is 1. The molecule has 2 N–H and O–H groups in total. The molecule has 0 radical (unpaired) electrons. The Bertz CT molecular complexity index is 712. The molecule has 0 spiro atoms. The summed E-state index contributed by atoms with van der Waals surface area (Å²) < 4.78 is 5.81. The zero-order valence-electron chi connectivity index (χ0n) is 13.6. The predicted molar refractivity (Wildman–Crippen MR) is 90.7 cm³/mol. The first kappa shape index (κ1) is 17.5. The summed E-state index contributed by atoms with van der Waals surface area (Å²) in [6.07, 6.45) is -0.176. The molecule has 0 aliphatic heterocycles. The molecule has 1 amide bonds. The summed E-state index contributed by atoms with van der Waals surface area (Å²) in [6.45, 7) is 2.88. The number of carboxylic acid groups (broad SMARTS) is 1. The molecule has 2 rings (SSSR count). The van der Waals surface area contributed by atoms with Crippen LogP contribution >= 0.6 is 0 Å². The molecule has 0 atom stereocenters. The molecule has 24 heavy (non-hydrogen) atoms. The molecule has 0 heterocycles. The molecule has 5 heteroatoms. The van der Waals surface area contributed by atoms with Crippen LogP contribution < -0.4 is 10.1 Å². The minimum atomic E-state index is -0.975. The first-order valence-corrected chi connectivity index (χ1v) is 7.79. The van der Waals surface area contributed by atoms with Crippen LogP contribution in [0.3, 0.4) is 0 Å². The molecule has 126 valence electrons. The Morgan fingerprint density at radius 1 is 1.08 bits per heavy atom. The van der Waals surface area contributed by atoms with Crippen molar-refractivity contribution in [2.45, 2.75) is 32.9 Å². The van der Waals surface area contributed by atoms with Crippen LogP contribution in [0.5, 0.6) is 5.75 Å². The second-order valence-electron chi connectivity index (χ2n) is 5.53. The Morgan fingerprint density at radius 3 is 2.62 bits per heavy atom. The average Bonchev–Trinajstić information content (AvgIpc) is 2.58. The molecule has 0 unspecified atom stereocenters. The summed E-state index contributed by atoms with van der Waals surface area (Å²) in [6, 6.07) is 15.5. The van der Waals surface area contributed by atoms with E-state index in [0.29, 0.717) is 13.2 Å². The highest BCUT2D eigenvalue weighted by molar-refractivity contribution is 5.80. The number of carbonyl (C=O) groups is 2. The zero-order chi connectivity index (χ0) is 17.4. The van der Waals surface area contributed by atoms with E-state index in [1.165, 1.54) is 5.56 Å². The van der Waals surface area contributed by atoms with E-state index in [0.717, 1.165) is 16.9 Å². The Balaban J connectivity index is 1.86. The SMILES string of the molecule is Cc1ccccc1COc1cccc(CNC(=O)CCC(=O)O)c1. The Morgan fingerprint density at radius 2 is 1.88 bits per heavy atom. The van der Waals surface area contributed by atoms with Crippen molar-refractivity contribution in [3.63, 3.8) is 0 Å². The van der Waals surface area contributed by atoms with Gasteiger partial charge in [0.1, 0.15) is 12.4 Å².